The summed E-state index contributed by atoms with van der Waals surface area (Å²) in [7, 11) is -1.29. The molecule has 0 aliphatic rings. The van der Waals surface area contributed by atoms with Gasteiger partial charge in [0.1, 0.15) is 0 Å². The second-order valence-corrected chi connectivity index (χ2v) is 7.35. The first-order valence-corrected chi connectivity index (χ1v) is 8.76. The van der Waals surface area contributed by atoms with Crippen LogP contribution in [-0.4, -0.2) is 9.85 Å². The Morgan fingerprint density at radius 3 is 1.60 bits per heavy atom. The van der Waals surface area contributed by atoms with E-state index in [-0.39, 0.29) is 0 Å². The van der Waals surface area contributed by atoms with Crippen molar-refractivity contribution < 1.29 is 9.85 Å². The minimum Gasteiger partial charge on any atom is -0.258 e. The van der Waals surface area contributed by atoms with Crippen LogP contribution in [-0.2, 0) is 0 Å². The molecule has 0 aliphatic carbocycles. The number of nitro groups is 2. The molecule has 25 heavy (non-hydrogen) atoms. The second kappa shape index (κ2) is 7.20. The first kappa shape index (κ1) is 16.7. The molecule has 0 N–H and O–H groups in total. The number of nitro benzene ring substituents is 2. The quantitative estimate of drug-likeness (QED) is 0.401. The van der Waals surface area contributed by atoms with Crippen molar-refractivity contribution in [3.8, 4) is 0 Å². The molecule has 0 heterocycles. The van der Waals surface area contributed by atoms with E-state index < -0.39 is 29.1 Å². The maximum atomic E-state index is 11.6. The Bertz CT molecular complexity index is 877. The van der Waals surface area contributed by atoms with Crippen LogP contribution in [0.25, 0.3) is 0 Å². The van der Waals surface area contributed by atoms with E-state index in [0.717, 1.165) is 10.6 Å². The summed E-state index contributed by atoms with van der Waals surface area (Å²) in [5.74, 6) is 0. The molecule has 124 valence electrons. The summed E-state index contributed by atoms with van der Waals surface area (Å²) in [5.41, 5.74) is -0.923. The van der Waals surface area contributed by atoms with Crippen LogP contribution in [0.4, 0.5) is 11.4 Å². The molecule has 0 saturated carbocycles. The molecule has 3 aromatic carbocycles. The Morgan fingerprint density at radius 1 is 0.640 bits per heavy atom. The van der Waals surface area contributed by atoms with Gasteiger partial charge in [-0.25, -0.2) is 0 Å². The first-order valence-electron chi connectivity index (χ1n) is 7.41. The molecule has 6 nitrogen and oxygen atoms in total. The Kier molecular flexibility index (Phi) is 4.82. The minimum absolute atomic E-state index is 0.367. The predicted octanol–water partition coefficient (Wildman–Crippen LogP) is 3.26. The summed E-state index contributed by atoms with van der Waals surface area (Å²) < 4.78 is 0. The molecule has 0 aliphatic heterocycles. The van der Waals surface area contributed by atoms with Crippen LogP contribution in [0.2, 0.25) is 0 Å². The molecule has 0 aromatic heterocycles. The van der Waals surface area contributed by atoms with Gasteiger partial charge in [0.05, 0.1) is 15.2 Å². The van der Waals surface area contributed by atoms with Gasteiger partial charge in [-0.2, -0.15) is 0 Å². The highest BCUT2D eigenvalue weighted by molar-refractivity contribution is 7.80. The molecule has 0 spiro atoms. The number of rotatable bonds is 5. The lowest BCUT2D eigenvalue weighted by atomic mass is 10.3. The van der Waals surface area contributed by atoms with Crippen molar-refractivity contribution in [2.45, 2.75) is 0 Å². The minimum atomic E-state index is -1.29. The van der Waals surface area contributed by atoms with E-state index in [1.54, 1.807) is 6.07 Å². The third kappa shape index (κ3) is 3.39. The summed E-state index contributed by atoms with van der Waals surface area (Å²) in [4.78, 5) is 21.5. The Balaban J connectivity index is 2.30. The fourth-order valence-electron chi connectivity index (χ4n) is 2.62. The molecular weight excluding hydrogens is 339 g/mol. The van der Waals surface area contributed by atoms with Crippen LogP contribution in [0.3, 0.4) is 0 Å². The van der Waals surface area contributed by atoms with Gasteiger partial charge in [0.25, 0.3) is 0 Å². The highest BCUT2D eigenvalue weighted by atomic mass is 31.1. The van der Waals surface area contributed by atoms with Crippen molar-refractivity contribution in [2.24, 2.45) is 0 Å². The van der Waals surface area contributed by atoms with Crippen molar-refractivity contribution >= 4 is 35.2 Å². The number of nitrogens with zero attached hydrogens (tertiary/aromatic N) is 2. The first-order chi connectivity index (χ1) is 12.1. The van der Waals surface area contributed by atoms with Crippen LogP contribution in [0, 0.1) is 20.2 Å². The normalized spacial score (nSPS) is 10.6. The highest BCUT2D eigenvalue weighted by Gasteiger charge is 2.33. The fourth-order valence-corrected chi connectivity index (χ4v) is 5.05. The van der Waals surface area contributed by atoms with Gasteiger partial charge in [-0.3, -0.25) is 20.2 Å². The maximum absolute atomic E-state index is 11.6. The third-order valence-corrected chi connectivity index (χ3v) is 6.11. The van der Waals surface area contributed by atoms with Gasteiger partial charge in [0.2, 0.25) is 0 Å². The second-order valence-electron chi connectivity index (χ2n) is 5.17. The van der Waals surface area contributed by atoms with Crippen molar-refractivity contribution in [3.05, 3.63) is 99.1 Å². The lowest BCUT2D eigenvalue weighted by Gasteiger charge is -2.18. The molecular formula is C18H13N2O4P. The third-order valence-electron chi connectivity index (χ3n) is 3.64. The molecule has 3 rings (SSSR count). The van der Waals surface area contributed by atoms with E-state index >= 15 is 0 Å². The lowest BCUT2D eigenvalue weighted by Crippen LogP contribution is -2.23. The topological polar surface area (TPSA) is 86.3 Å². The highest BCUT2D eigenvalue weighted by Crippen LogP contribution is 2.39. The Labute approximate surface area is 144 Å². The number of para-hydroxylation sites is 1. The summed E-state index contributed by atoms with van der Waals surface area (Å²) in [5, 5.41) is 25.1. The molecule has 0 atom stereocenters. The van der Waals surface area contributed by atoms with Crippen molar-refractivity contribution in [2.75, 3.05) is 0 Å². The van der Waals surface area contributed by atoms with Gasteiger partial charge in [-0.05, 0) is 24.6 Å². The van der Waals surface area contributed by atoms with Crippen LogP contribution >= 0.6 is 7.92 Å². The molecule has 0 bridgehead atoms. The summed E-state index contributed by atoms with van der Waals surface area (Å²) in [6.07, 6.45) is 0. The average molecular weight is 352 g/mol. The van der Waals surface area contributed by atoms with Gasteiger partial charge in [0.15, 0.2) is 0 Å². The van der Waals surface area contributed by atoms with Crippen LogP contribution in [0.1, 0.15) is 0 Å². The molecule has 0 radical (unpaired) electrons. The van der Waals surface area contributed by atoms with Crippen molar-refractivity contribution in [1.82, 2.24) is 0 Å². The zero-order valence-electron chi connectivity index (χ0n) is 13.0. The Hall–Kier alpha value is -3.11. The number of benzene rings is 3. The van der Waals surface area contributed by atoms with E-state index in [1.165, 1.54) is 12.1 Å². The van der Waals surface area contributed by atoms with E-state index in [1.807, 2.05) is 60.7 Å². The molecule has 3 aromatic rings. The molecule has 0 unspecified atom stereocenters. The summed E-state index contributed by atoms with van der Waals surface area (Å²) >= 11 is 0. The monoisotopic (exact) mass is 352 g/mol. The maximum Gasteiger partial charge on any atom is 0.354 e. The van der Waals surface area contributed by atoms with Crippen LogP contribution < -0.4 is 15.9 Å². The lowest BCUT2D eigenvalue weighted by molar-refractivity contribution is -0.421. The van der Waals surface area contributed by atoms with Crippen LogP contribution in [0.15, 0.2) is 78.9 Å². The van der Waals surface area contributed by atoms with E-state index in [2.05, 4.69) is 0 Å². The van der Waals surface area contributed by atoms with E-state index in [4.69, 9.17) is 0 Å². The average Bonchev–Trinajstić information content (AvgIpc) is 2.63. The van der Waals surface area contributed by atoms with Gasteiger partial charge in [0, 0.05) is 6.07 Å². The van der Waals surface area contributed by atoms with Crippen molar-refractivity contribution in [1.29, 1.82) is 0 Å². The number of hydrogen-bond acceptors (Lipinski definition) is 4. The SMILES string of the molecule is O=[N+]([O-])c1cccc(P(c2ccccc2)c2ccccc2)c1[N+](=O)[O-]. The van der Waals surface area contributed by atoms with Crippen molar-refractivity contribution in [3.63, 3.8) is 0 Å². The van der Waals surface area contributed by atoms with Gasteiger partial charge in [-0.1, -0.05) is 66.7 Å². The molecule has 0 fully saturated rings. The number of hydrogen-bond donors (Lipinski definition) is 0. The largest absolute Gasteiger partial charge is 0.354 e. The standard InChI is InChI=1S/C18H13N2O4P/c21-19(22)16-12-7-13-17(18(16)20(23)24)25(14-8-3-1-4-9-14)15-10-5-2-6-11-15/h1-13H. The van der Waals surface area contributed by atoms with Gasteiger partial charge >= 0.3 is 11.4 Å². The Morgan fingerprint density at radius 2 is 1.16 bits per heavy atom. The van der Waals surface area contributed by atoms with Crippen LogP contribution in [0.5, 0.6) is 0 Å². The smallest absolute Gasteiger partial charge is 0.258 e. The summed E-state index contributed by atoms with van der Waals surface area (Å²) in [6, 6.07) is 23.0. The van der Waals surface area contributed by atoms with Gasteiger partial charge < -0.3 is 0 Å². The molecule has 0 saturated heterocycles. The summed E-state index contributed by atoms with van der Waals surface area (Å²) in [6.45, 7) is 0. The fraction of sp³-hybridized carbons (Fsp3) is 0. The molecule has 7 heteroatoms. The van der Waals surface area contributed by atoms with E-state index in [0.29, 0.717) is 5.30 Å². The zero-order chi connectivity index (χ0) is 17.8. The predicted molar refractivity (Wildman–Crippen MR) is 98.5 cm³/mol. The van der Waals surface area contributed by atoms with Gasteiger partial charge in [-0.15, -0.1) is 0 Å². The zero-order valence-corrected chi connectivity index (χ0v) is 13.9. The van der Waals surface area contributed by atoms with E-state index in [9.17, 15) is 20.2 Å². The molecule has 0 amide bonds.